The van der Waals surface area contributed by atoms with Gasteiger partial charge >= 0.3 is 0 Å². The minimum atomic E-state index is -0.917. The van der Waals surface area contributed by atoms with Gasteiger partial charge in [-0.25, -0.2) is 4.39 Å². The van der Waals surface area contributed by atoms with E-state index < -0.39 is 11.9 Å². The summed E-state index contributed by atoms with van der Waals surface area (Å²) in [6.45, 7) is 0. The van der Waals surface area contributed by atoms with E-state index in [0.29, 0.717) is 21.4 Å². The van der Waals surface area contributed by atoms with Crippen molar-refractivity contribution in [3.05, 3.63) is 63.4 Å². The number of benzene rings is 2. The van der Waals surface area contributed by atoms with E-state index in [2.05, 4.69) is 0 Å². The van der Waals surface area contributed by atoms with Gasteiger partial charge in [0.25, 0.3) is 0 Å². The number of hydrogen-bond acceptors (Lipinski definition) is 2. The first-order valence-electron chi connectivity index (χ1n) is 5.96. The lowest BCUT2D eigenvalue weighted by atomic mass is 10.0. The molecule has 1 atom stereocenters. The summed E-state index contributed by atoms with van der Waals surface area (Å²) >= 11 is 11.9. The Morgan fingerprint density at radius 3 is 2.60 bits per heavy atom. The molecule has 0 bridgehead atoms. The first-order valence-corrected chi connectivity index (χ1v) is 6.72. The molecule has 0 aromatic heterocycles. The maximum absolute atomic E-state index is 13.3. The lowest BCUT2D eigenvalue weighted by Gasteiger charge is -2.15. The van der Waals surface area contributed by atoms with Gasteiger partial charge in [0, 0.05) is 22.0 Å². The van der Waals surface area contributed by atoms with Crippen molar-refractivity contribution < 1.29 is 14.2 Å². The number of aliphatic hydroxyl groups excluding tert-OH is 1. The maximum atomic E-state index is 13.3. The zero-order valence-corrected chi connectivity index (χ0v) is 12.2. The minimum Gasteiger partial charge on any atom is -0.496 e. The normalized spacial score (nSPS) is 12.2. The smallest absolute Gasteiger partial charge is 0.124 e. The maximum Gasteiger partial charge on any atom is 0.124 e. The number of aliphatic hydroxyl groups is 1. The van der Waals surface area contributed by atoms with Crippen LogP contribution in [0.4, 0.5) is 4.39 Å². The molecule has 0 amide bonds. The van der Waals surface area contributed by atoms with Gasteiger partial charge in [0.2, 0.25) is 0 Å². The van der Waals surface area contributed by atoms with Gasteiger partial charge in [-0.15, -0.1) is 0 Å². The molecule has 2 aromatic rings. The fourth-order valence-corrected chi connectivity index (χ4v) is 2.46. The van der Waals surface area contributed by atoms with Gasteiger partial charge in [0.1, 0.15) is 11.6 Å². The highest BCUT2D eigenvalue weighted by atomic mass is 35.5. The predicted molar refractivity (Wildman–Crippen MR) is 78.1 cm³/mol. The summed E-state index contributed by atoms with van der Waals surface area (Å²) in [6, 6.07) is 9.06. The molecule has 0 aliphatic carbocycles. The molecule has 0 saturated carbocycles. The molecule has 5 heteroatoms. The van der Waals surface area contributed by atoms with Crippen LogP contribution in [0.1, 0.15) is 17.2 Å². The predicted octanol–water partition coefficient (Wildman–Crippen LogP) is 4.42. The van der Waals surface area contributed by atoms with Crippen LogP contribution < -0.4 is 4.74 Å². The third kappa shape index (κ3) is 3.42. The fraction of sp³-hybridized carbons (Fsp3) is 0.200. The average Bonchev–Trinajstić information content (AvgIpc) is 2.41. The molecule has 0 aliphatic rings. The fourth-order valence-electron chi connectivity index (χ4n) is 1.97. The van der Waals surface area contributed by atoms with Crippen LogP contribution in [0.5, 0.6) is 5.75 Å². The van der Waals surface area contributed by atoms with Crippen molar-refractivity contribution in [1.29, 1.82) is 0 Å². The lowest BCUT2D eigenvalue weighted by Crippen LogP contribution is -2.05. The lowest BCUT2D eigenvalue weighted by molar-refractivity contribution is 0.173. The first kappa shape index (κ1) is 15.1. The van der Waals surface area contributed by atoms with Crippen molar-refractivity contribution in [3.8, 4) is 5.75 Å². The van der Waals surface area contributed by atoms with E-state index >= 15 is 0 Å². The topological polar surface area (TPSA) is 29.5 Å². The standard InChI is InChI=1S/C15H13Cl2FO2/c1-20-15-5-4-11(18)8-12(15)14(19)6-9-2-3-10(16)7-13(9)17/h2-5,7-8,14,19H,6H2,1H3. The van der Waals surface area contributed by atoms with Gasteiger partial charge in [-0.3, -0.25) is 0 Å². The SMILES string of the molecule is COc1ccc(F)cc1C(O)Cc1ccc(Cl)cc1Cl. The van der Waals surface area contributed by atoms with E-state index in [1.54, 1.807) is 18.2 Å². The molecule has 0 heterocycles. The summed E-state index contributed by atoms with van der Waals surface area (Å²) < 4.78 is 18.4. The second kappa shape index (κ2) is 6.44. The number of rotatable bonds is 4. The Kier molecular flexibility index (Phi) is 4.86. The third-order valence-electron chi connectivity index (χ3n) is 2.98. The largest absolute Gasteiger partial charge is 0.496 e. The quantitative estimate of drug-likeness (QED) is 0.905. The Morgan fingerprint density at radius 1 is 1.20 bits per heavy atom. The van der Waals surface area contributed by atoms with E-state index in [9.17, 15) is 9.50 Å². The molecule has 0 saturated heterocycles. The molecule has 2 nitrogen and oxygen atoms in total. The summed E-state index contributed by atoms with van der Waals surface area (Å²) in [5, 5.41) is 11.3. The molecule has 0 fully saturated rings. The zero-order chi connectivity index (χ0) is 14.7. The molecule has 1 unspecified atom stereocenters. The van der Waals surface area contributed by atoms with Crippen molar-refractivity contribution in [1.82, 2.24) is 0 Å². The van der Waals surface area contributed by atoms with Crippen molar-refractivity contribution in [2.24, 2.45) is 0 Å². The molecular weight excluding hydrogens is 302 g/mol. The summed E-state index contributed by atoms with van der Waals surface area (Å²) in [5.41, 5.74) is 1.12. The Labute approximate surface area is 126 Å². The number of ether oxygens (including phenoxy) is 1. The van der Waals surface area contributed by atoms with Gasteiger partial charge in [-0.2, -0.15) is 0 Å². The highest BCUT2D eigenvalue weighted by Crippen LogP contribution is 2.31. The second-order valence-corrected chi connectivity index (χ2v) is 5.19. The zero-order valence-electron chi connectivity index (χ0n) is 10.7. The van der Waals surface area contributed by atoms with E-state index in [4.69, 9.17) is 27.9 Å². The summed E-state index contributed by atoms with van der Waals surface area (Å²) in [4.78, 5) is 0. The number of hydrogen-bond donors (Lipinski definition) is 1. The van der Waals surface area contributed by atoms with Crippen LogP contribution in [-0.2, 0) is 6.42 Å². The minimum absolute atomic E-state index is 0.246. The Hall–Kier alpha value is -1.29. The molecule has 0 spiro atoms. The van der Waals surface area contributed by atoms with E-state index in [0.717, 1.165) is 5.56 Å². The highest BCUT2D eigenvalue weighted by molar-refractivity contribution is 6.35. The second-order valence-electron chi connectivity index (χ2n) is 4.34. The van der Waals surface area contributed by atoms with E-state index in [1.807, 2.05) is 0 Å². The van der Waals surface area contributed by atoms with Crippen molar-refractivity contribution in [3.63, 3.8) is 0 Å². The Bertz CT molecular complexity index is 617. The van der Waals surface area contributed by atoms with Crippen molar-refractivity contribution in [2.75, 3.05) is 7.11 Å². The molecule has 106 valence electrons. The summed E-state index contributed by atoms with van der Waals surface area (Å²) in [6.07, 6.45) is -0.671. The molecule has 0 radical (unpaired) electrons. The molecule has 1 N–H and O–H groups in total. The van der Waals surface area contributed by atoms with Gasteiger partial charge in [0.05, 0.1) is 13.2 Å². The molecule has 2 aromatic carbocycles. The van der Waals surface area contributed by atoms with Crippen LogP contribution in [0.2, 0.25) is 10.0 Å². The Balaban J connectivity index is 2.27. The molecule has 0 aliphatic heterocycles. The highest BCUT2D eigenvalue weighted by Gasteiger charge is 2.16. The van der Waals surface area contributed by atoms with Crippen molar-refractivity contribution in [2.45, 2.75) is 12.5 Å². The average molecular weight is 315 g/mol. The molecule has 2 rings (SSSR count). The van der Waals surface area contributed by atoms with Crippen molar-refractivity contribution >= 4 is 23.2 Å². The summed E-state index contributed by atoms with van der Waals surface area (Å²) in [5.74, 6) is 0.00559. The third-order valence-corrected chi connectivity index (χ3v) is 3.57. The van der Waals surface area contributed by atoms with Gasteiger partial charge in [-0.1, -0.05) is 29.3 Å². The monoisotopic (exact) mass is 314 g/mol. The van der Waals surface area contributed by atoms with Crippen LogP contribution >= 0.6 is 23.2 Å². The number of methoxy groups -OCH3 is 1. The van der Waals surface area contributed by atoms with E-state index in [1.165, 1.54) is 25.3 Å². The van der Waals surface area contributed by atoms with Crippen LogP contribution in [0.3, 0.4) is 0 Å². The first-order chi connectivity index (χ1) is 9.51. The van der Waals surface area contributed by atoms with Crippen LogP contribution in [0.25, 0.3) is 0 Å². The Morgan fingerprint density at radius 2 is 1.95 bits per heavy atom. The molecular formula is C15H13Cl2FO2. The molecule has 20 heavy (non-hydrogen) atoms. The van der Waals surface area contributed by atoms with Gasteiger partial charge in [-0.05, 0) is 35.9 Å². The van der Waals surface area contributed by atoms with Gasteiger partial charge < -0.3 is 9.84 Å². The van der Waals surface area contributed by atoms with E-state index in [-0.39, 0.29) is 6.42 Å². The van der Waals surface area contributed by atoms with Gasteiger partial charge in [0.15, 0.2) is 0 Å². The number of halogens is 3. The van der Waals surface area contributed by atoms with Crippen LogP contribution in [0.15, 0.2) is 36.4 Å². The van der Waals surface area contributed by atoms with Crippen LogP contribution in [-0.4, -0.2) is 12.2 Å². The van der Waals surface area contributed by atoms with Crippen LogP contribution in [0, 0.1) is 5.82 Å². The summed E-state index contributed by atoms with van der Waals surface area (Å²) in [7, 11) is 1.47.